The molecule has 4 rings (SSSR count). The van der Waals surface area contributed by atoms with Crippen LogP contribution in [0.4, 0.5) is 11.4 Å². The second kappa shape index (κ2) is 7.01. The van der Waals surface area contributed by atoms with Gasteiger partial charge in [0.1, 0.15) is 0 Å². The van der Waals surface area contributed by atoms with Gasteiger partial charge in [0.15, 0.2) is 0 Å². The summed E-state index contributed by atoms with van der Waals surface area (Å²) >= 11 is -1.19. The van der Waals surface area contributed by atoms with E-state index in [2.05, 4.69) is 0 Å². The molecule has 0 unspecified atom stereocenters. The third-order valence-electron chi connectivity index (χ3n) is 4.09. The second-order valence-corrected chi connectivity index (χ2v) is 10.7. The van der Waals surface area contributed by atoms with E-state index in [1.807, 2.05) is 24.3 Å². The Kier molecular flexibility index (Phi) is 4.54. The Morgan fingerprint density at radius 1 is 0.481 bits per heavy atom. The van der Waals surface area contributed by atoms with Crippen molar-refractivity contribution in [1.29, 1.82) is 0 Å². The van der Waals surface area contributed by atoms with Gasteiger partial charge in [0.2, 0.25) is 0 Å². The number of rotatable bonds is 4. The molecule has 0 spiro atoms. The number of amides is 4. The number of anilines is 2. The van der Waals surface area contributed by atoms with Gasteiger partial charge in [0.25, 0.3) is 0 Å². The van der Waals surface area contributed by atoms with Gasteiger partial charge < -0.3 is 0 Å². The minimum absolute atomic E-state index is 0.329. The first-order valence-corrected chi connectivity index (χ1v) is 11.5. The van der Waals surface area contributed by atoms with Crippen molar-refractivity contribution in [2.24, 2.45) is 0 Å². The summed E-state index contributed by atoms with van der Waals surface area (Å²) in [7, 11) is 0. The van der Waals surface area contributed by atoms with E-state index in [1.54, 1.807) is 24.3 Å². The fourth-order valence-electron chi connectivity index (χ4n) is 2.81. The first-order chi connectivity index (χ1) is 13.0. The Hall–Kier alpha value is -2.92. The van der Waals surface area contributed by atoms with Crippen molar-refractivity contribution in [1.82, 2.24) is 0 Å². The van der Waals surface area contributed by atoms with Gasteiger partial charge in [-0.05, 0) is 0 Å². The molecule has 27 heavy (non-hydrogen) atoms. The van der Waals surface area contributed by atoms with E-state index in [-0.39, 0.29) is 23.6 Å². The normalized spacial score (nSPS) is 16.1. The zero-order valence-corrected chi connectivity index (χ0v) is 17.4. The molecule has 0 saturated carbocycles. The van der Waals surface area contributed by atoms with Crippen LogP contribution in [0.5, 0.6) is 0 Å². The molecule has 0 atom stereocenters. The van der Waals surface area contributed by atoms with E-state index in [0.717, 1.165) is 9.80 Å². The molecule has 0 bridgehead atoms. The van der Waals surface area contributed by atoms with Gasteiger partial charge >= 0.3 is 167 Å². The number of imide groups is 2. The van der Waals surface area contributed by atoms with E-state index >= 15 is 0 Å². The zero-order valence-electron chi connectivity index (χ0n) is 13.9. The first kappa shape index (κ1) is 17.5. The SMILES string of the molecule is O=C1C=CC(=O)N1c1cc[c]([Bi][c]2ccc(N3C(=O)C=CC3=O)cc2)cc1. The van der Waals surface area contributed by atoms with Crippen LogP contribution in [0.1, 0.15) is 0 Å². The third kappa shape index (κ3) is 3.38. The molecule has 4 amide bonds. The number of benzene rings is 2. The summed E-state index contributed by atoms with van der Waals surface area (Å²) in [5.41, 5.74) is 1.13. The molecule has 131 valence electrons. The summed E-state index contributed by atoms with van der Waals surface area (Å²) in [6, 6.07) is 14.9. The van der Waals surface area contributed by atoms with Crippen molar-refractivity contribution < 1.29 is 19.2 Å². The molecule has 0 saturated heterocycles. The molecule has 0 aromatic heterocycles. The Balaban J connectivity index is 1.47. The molecule has 2 aliphatic heterocycles. The fourth-order valence-corrected chi connectivity index (χ4v) is 6.29. The molecular weight excluding hydrogens is 541 g/mol. The summed E-state index contributed by atoms with van der Waals surface area (Å²) < 4.78 is 2.38. The van der Waals surface area contributed by atoms with Gasteiger partial charge in [-0.2, -0.15) is 0 Å². The predicted octanol–water partition coefficient (Wildman–Crippen LogP) is 0.200. The average Bonchev–Trinajstić information content (AvgIpc) is 3.18. The van der Waals surface area contributed by atoms with Crippen LogP contribution in [0.25, 0.3) is 0 Å². The van der Waals surface area contributed by atoms with Crippen LogP contribution in [0, 0.1) is 0 Å². The van der Waals surface area contributed by atoms with Crippen molar-refractivity contribution in [2.75, 3.05) is 9.80 Å². The molecule has 2 aliphatic rings. The number of carbonyl (C=O) groups is 4. The Labute approximate surface area is 166 Å². The fraction of sp³-hybridized carbons (Fsp3) is 0. The van der Waals surface area contributed by atoms with E-state index in [4.69, 9.17) is 0 Å². The Morgan fingerprint density at radius 2 is 0.778 bits per heavy atom. The minimum atomic E-state index is -1.19. The molecule has 0 aliphatic carbocycles. The molecule has 2 heterocycles. The first-order valence-electron chi connectivity index (χ1n) is 8.07. The molecule has 2 aromatic rings. The van der Waals surface area contributed by atoms with Crippen molar-refractivity contribution >= 4 is 64.8 Å². The van der Waals surface area contributed by atoms with Crippen molar-refractivity contribution in [3.05, 3.63) is 72.8 Å². The molecular formula is C20H12BiN2O4. The number of nitrogens with zero attached hydrogens (tertiary/aromatic N) is 2. The topological polar surface area (TPSA) is 74.8 Å². The third-order valence-corrected chi connectivity index (χ3v) is 8.42. The van der Waals surface area contributed by atoms with Gasteiger partial charge in [-0.1, -0.05) is 0 Å². The second-order valence-electron chi connectivity index (χ2n) is 5.84. The van der Waals surface area contributed by atoms with Gasteiger partial charge in [-0.3, -0.25) is 0 Å². The van der Waals surface area contributed by atoms with Crippen LogP contribution in [-0.2, 0) is 19.2 Å². The number of hydrogen-bond acceptors (Lipinski definition) is 4. The standard InChI is InChI=1S/2C10H6NO2.Bi/c2*12-9-6-7-10(13)11(9)8-4-2-1-3-5-8;/h2*2-7H;. The van der Waals surface area contributed by atoms with Crippen LogP contribution in [0.2, 0.25) is 0 Å². The van der Waals surface area contributed by atoms with E-state index in [1.165, 1.54) is 30.8 Å². The maximum atomic E-state index is 11.7. The van der Waals surface area contributed by atoms with Crippen molar-refractivity contribution in [3.8, 4) is 0 Å². The quantitative estimate of drug-likeness (QED) is 0.401. The average molecular weight is 553 g/mol. The molecule has 7 heteroatoms. The van der Waals surface area contributed by atoms with Gasteiger partial charge in [0, 0.05) is 0 Å². The Morgan fingerprint density at radius 3 is 1.07 bits per heavy atom. The van der Waals surface area contributed by atoms with Crippen LogP contribution in [0.3, 0.4) is 0 Å². The van der Waals surface area contributed by atoms with Gasteiger partial charge in [-0.25, -0.2) is 0 Å². The Bertz CT molecular complexity index is 903. The van der Waals surface area contributed by atoms with Crippen LogP contribution in [-0.4, -0.2) is 46.9 Å². The summed E-state index contributed by atoms with van der Waals surface area (Å²) in [6.45, 7) is 0. The molecule has 2 aromatic carbocycles. The van der Waals surface area contributed by atoms with Crippen molar-refractivity contribution in [3.63, 3.8) is 0 Å². The molecule has 0 N–H and O–H groups in total. The van der Waals surface area contributed by atoms with E-state index < -0.39 is 23.2 Å². The zero-order chi connectivity index (χ0) is 19.0. The van der Waals surface area contributed by atoms with E-state index in [0.29, 0.717) is 11.4 Å². The summed E-state index contributed by atoms with van der Waals surface area (Å²) in [5.74, 6) is -1.32. The molecule has 0 fully saturated rings. The monoisotopic (exact) mass is 553 g/mol. The maximum absolute atomic E-state index is 11.7. The molecule has 6 nitrogen and oxygen atoms in total. The summed E-state index contributed by atoms with van der Waals surface area (Å²) in [4.78, 5) is 49.2. The van der Waals surface area contributed by atoms with E-state index in [9.17, 15) is 19.2 Å². The van der Waals surface area contributed by atoms with Gasteiger partial charge in [-0.15, -0.1) is 0 Å². The summed E-state index contributed by atoms with van der Waals surface area (Å²) in [6.07, 6.45) is 5.06. The summed E-state index contributed by atoms with van der Waals surface area (Å²) in [5, 5.41) is 0. The number of carbonyl (C=O) groups excluding carboxylic acids is 4. The predicted molar refractivity (Wildman–Crippen MR) is 101 cm³/mol. The molecule has 1 radical (unpaired) electrons. The number of hydrogen-bond donors (Lipinski definition) is 0. The van der Waals surface area contributed by atoms with Crippen LogP contribution in [0.15, 0.2) is 72.8 Å². The van der Waals surface area contributed by atoms with Gasteiger partial charge in [0.05, 0.1) is 0 Å². The van der Waals surface area contributed by atoms with Crippen molar-refractivity contribution in [2.45, 2.75) is 0 Å². The van der Waals surface area contributed by atoms with Crippen LogP contribution >= 0.6 is 0 Å². The van der Waals surface area contributed by atoms with Crippen LogP contribution < -0.4 is 16.3 Å².